The Labute approximate surface area is 149 Å². The van der Waals surface area contributed by atoms with Gasteiger partial charge in [-0.2, -0.15) is 0 Å². The first kappa shape index (κ1) is 17.1. The van der Waals surface area contributed by atoms with Crippen molar-refractivity contribution in [1.29, 1.82) is 0 Å². The summed E-state index contributed by atoms with van der Waals surface area (Å²) in [6.07, 6.45) is 1.79. The third-order valence-electron chi connectivity index (χ3n) is 3.57. The maximum absolute atomic E-state index is 12.5. The molecule has 126 valence electrons. The fourth-order valence-electron chi connectivity index (χ4n) is 2.37. The van der Waals surface area contributed by atoms with Crippen LogP contribution in [0.15, 0.2) is 35.2 Å². The van der Waals surface area contributed by atoms with Gasteiger partial charge in [0.25, 0.3) is 11.8 Å². The number of ether oxygens (including phenoxy) is 1. The lowest BCUT2D eigenvalue weighted by atomic mass is 10.2. The molecule has 0 radical (unpaired) electrons. The van der Waals surface area contributed by atoms with Crippen LogP contribution in [0.1, 0.15) is 5.56 Å². The number of amides is 2. The molecule has 2 heterocycles. The lowest BCUT2D eigenvalue weighted by molar-refractivity contribution is -0.132. The first-order valence-electron chi connectivity index (χ1n) is 7.56. The molecule has 1 N–H and O–H groups in total. The molecule has 24 heavy (non-hydrogen) atoms. The number of hydrogen-bond donors (Lipinski definition) is 1. The van der Waals surface area contributed by atoms with Crippen molar-refractivity contribution >= 4 is 46.2 Å². The van der Waals surface area contributed by atoms with E-state index in [0.29, 0.717) is 35.5 Å². The third-order valence-corrected chi connectivity index (χ3v) is 4.94. The van der Waals surface area contributed by atoms with Gasteiger partial charge in [-0.05, 0) is 11.6 Å². The van der Waals surface area contributed by atoms with Crippen LogP contribution in [-0.4, -0.2) is 58.9 Å². The Kier molecular flexibility index (Phi) is 5.62. The van der Waals surface area contributed by atoms with E-state index in [1.807, 2.05) is 30.3 Å². The van der Waals surface area contributed by atoms with Gasteiger partial charge in [0.2, 0.25) is 0 Å². The Balaban J connectivity index is 1.61. The van der Waals surface area contributed by atoms with E-state index in [9.17, 15) is 9.59 Å². The molecule has 2 aliphatic heterocycles. The lowest BCUT2D eigenvalue weighted by Gasteiger charge is -2.27. The first-order chi connectivity index (χ1) is 11.6. The van der Waals surface area contributed by atoms with Crippen molar-refractivity contribution in [2.45, 2.75) is 0 Å². The second kappa shape index (κ2) is 7.89. The van der Waals surface area contributed by atoms with Gasteiger partial charge in [-0.3, -0.25) is 19.9 Å². The van der Waals surface area contributed by atoms with Crippen LogP contribution in [0.3, 0.4) is 0 Å². The Morgan fingerprint density at radius 1 is 1.29 bits per heavy atom. The third kappa shape index (κ3) is 4.21. The molecule has 2 saturated heterocycles. The van der Waals surface area contributed by atoms with Crippen LogP contribution >= 0.6 is 24.0 Å². The highest BCUT2D eigenvalue weighted by Crippen LogP contribution is 2.32. The molecule has 0 saturated carbocycles. The molecule has 1 aromatic rings. The largest absolute Gasteiger partial charge is 0.379 e. The number of hydrogen-bond acceptors (Lipinski definition) is 6. The molecule has 2 aliphatic rings. The highest BCUT2D eigenvalue weighted by molar-refractivity contribution is 8.26. The van der Waals surface area contributed by atoms with Crippen molar-refractivity contribution < 1.29 is 14.3 Å². The van der Waals surface area contributed by atoms with Gasteiger partial charge in [0.1, 0.15) is 10.9 Å². The monoisotopic (exact) mass is 363 g/mol. The summed E-state index contributed by atoms with van der Waals surface area (Å²) in [5, 5.41) is 1.79. The van der Waals surface area contributed by atoms with Crippen molar-refractivity contribution in [1.82, 2.24) is 15.3 Å². The molecule has 0 bridgehead atoms. The second-order valence-corrected chi connectivity index (χ2v) is 6.99. The predicted octanol–water partition coefficient (Wildman–Crippen LogP) is 1.25. The summed E-state index contributed by atoms with van der Waals surface area (Å²) in [7, 11) is 0. The van der Waals surface area contributed by atoms with E-state index in [1.54, 1.807) is 11.1 Å². The Hall–Kier alpha value is -1.74. The standard InChI is InChI=1S/C16H17N3O3S2/c20-14(17-18-6-8-22-9-7-18)11-19-15(21)13(24-16(19)23)10-12-4-2-1-3-5-12/h1-5,10H,6-9,11H2,(H,17,20). The van der Waals surface area contributed by atoms with E-state index in [4.69, 9.17) is 17.0 Å². The van der Waals surface area contributed by atoms with Gasteiger partial charge in [-0.25, -0.2) is 5.01 Å². The zero-order valence-corrected chi connectivity index (χ0v) is 14.6. The Morgan fingerprint density at radius 3 is 2.71 bits per heavy atom. The maximum Gasteiger partial charge on any atom is 0.266 e. The molecular formula is C16H17N3O3S2. The Morgan fingerprint density at radius 2 is 2.00 bits per heavy atom. The van der Waals surface area contributed by atoms with E-state index < -0.39 is 0 Å². The number of nitrogens with zero attached hydrogens (tertiary/aromatic N) is 2. The van der Waals surface area contributed by atoms with Gasteiger partial charge in [0, 0.05) is 13.1 Å². The van der Waals surface area contributed by atoms with Crippen LogP contribution in [0.5, 0.6) is 0 Å². The molecule has 2 amide bonds. The van der Waals surface area contributed by atoms with Crippen LogP contribution in [-0.2, 0) is 14.3 Å². The first-order valence-corrected chi connectivity index (χ1v) is 8.78. The van der Waals surface area contributed by atoms with E-state index in [-0.39, 0.29) is 18.4 Å². The zero-order chi connectivity index (χ0) is 16.9. The van der Waals surface area contributed by atoms with Gasteiger partial charge in [0.05, 0.1) is 18.1 Å². The van der Waals surface area contributed by atoms with Gasteiger partial charge in [-0.15, -0.1) is 0 Å². The number of hydrazine groups is 1. The molecule has 0 aliphatic carbocycles. The summed E-state index contributed by atoms with van der Waals surface area (Å²) >= 11 is 6.47. The number of morpholine rings is 1. The summed E-state index contributed by atoms with van der Waals surface area (Å²) in [5.41, 5.74) is 3.71. The smallest absolute Gasteiger partial charge is 0.266 e. The van der Waals surface area contributed by atoms with Gasteiger partial charge in [0.15, 0.2) is 0 Å². The van der Waals surface area contributed by atoms with Crippen LogP contribution in [0.25, 0.3) is 6.08 Å². The van der Waals surface area contributed by atoms with Gasteiger partial charge >= 0.3 is 0 Å². The van der Waals surface area contributed by atoms with Gasteiger partial charge in [-0.1, -0.05) is 54.3 Å². The van der Waals surface area contributed by atoms with E-state index in [0.717, 1.165) is 5.56 Å². The molecule has 6 nitrogen and oxygen atoms in total. The number of carbonyl (C=O) groups is 2. The average Bonchev–Trinajstić information content (AvgIpc) is 2.84. The SMILES string of the molecule is O=C(CN1C(=O)C(=Cc2ccccc2)SC1=S)NN1CCOCC1. The topological polar surface area (TPSA) is 61.9 Å². The number of rotatable bonds is 4. The van der Waals surface area contributed by atoms with E-state index in [2.05, 4.69) is 5.43 Å². The molecule has 2 fully saturated rings. The van der Waals surface area contributed by atoms with Crippen molar-refractivity contribution in [3.63, 3.8) is 0 Å². The zero-order valence-electron chi connectivity index (χ0n) is 12.9. The minimum atomic E-state index is -0.255. The Bertz CT molecular complexity index is 672. The highest BCUT2D eigenvalue weighted by Gasteiger charge is 2.33. The normalized spacial score (nSPS) is 20.7. The quantitative estimate of drug-likeness (QED) is 0.642. The van der Waals surface area contributed by atoms with Crippen LogP contribution in [0, 0.1) is 0 Å². The molecule has 3 rings (SSSR count). The van der Waals surface area contributed by atoms with Crippen LogP contribution in [0.4, 0.5) is 0 Å². The second-order valence-electron chi connectivity index (χ2n) is 5.31. The number of benzene rings is 1. The maximum atomic E-state index is 12.5. The number of carbonyl (C=O) groups excluding carboxylic acids is 2. The number of thioether (sulfide) groups is 1. The van der Waals surface area contributed by atoms with Crippen LogP contribution in [0.2, 0.25) is 0 Å². The molecular weight excluding hydrogens is 346 g/mol. The van der Waals surface area contributed by atoms with Crippen molar-refractivity contribution in [2.24, 2.45) is 0 Å². The van der Waals surface area contributed by atoms with Crippen molar-refractivity contribution in [3.05, 3.63) is 40.8 Å². The number of thiocarbonyl (C=S) groups is 1. The molecule has 0 unspecified atom stereocenters. The van der Waals surface area contributed by atoms with Gasteiger partial charge < -0.3 is 4.74 Å². The summed E-state index contributed by atoms with van der Waals surface area (Å²) in [6.45, 7) is 2.37. The summed E-state index contributed by atoms with van der Waals surface area (Å²) in [4.78, 5) is 26.5. The summed E-state index contributed by atoms with van der Waals surface area (Å²) < 4.78 is 5.63. The molecule has 1 aromatic carbocycles. The minimum Gasteiger partial charge on any atom is -0.379 e. The van der Waals surface area contributed by atoms with E-state index in [1.165, 1.54) is 16.7 Å². The van der Waals surface area contributed by atoms with E-state index >= 15 is 0 Å². The molecule has 0 spiro atoms. The minimum absolute atomic E-state index is 0.0752. The molecule has 8 heteroatoms. The molecule has 0 atom stereocenters. The fourth-order valence-corrected chi connectivity index (χ4v) is 3.62. The number of nitrogens with one attached hydrogen (secondary N) is 1. The lowest BCUT2D eigenvalue weighted by Crippen LogP contribution is -2.51. The summed E-state index contributed by atoms with van der Waals surface area (Å²) in [6, 6.07) is 9.55. The average molecular weight is 363 g/mol. The van der Waals surface area contributed by atoms with Crippen LogP contribution < -0.4 is 5.43 Å². The summed E-state index contributed by atoms with van der Waals surface area (Å²) in [5.74, 6) is -0.486. The fraction of sp³-hybridized carbons (Fsp3) is 0.312. The molecule has 0 aromatic heterocycles. The highest BCUT2D eigenvalue weighted by atomic mass is 32.2. The predicted molar refractivity (Wildman–Crippen MR) is 96.9 cm³/mol. The van der Waals surface area contributed by atoms with Crippen molar-refractivity contribution in [3.8, 4) is 0 Å². The van der Waals surface area contributed by atoms with Crippen molar-refractivity contribution in [2.75, 3.05) is 32.8 Å².